The average molecular weight is 204 g/mol. The van der Waals surface area contributed by atoms with E-state index in [9.17, 15) is 14.4 Å². The molecule has 7 heteroatoms. The molecular weight excluding hydrogens is 192 g/mol. The van der Waals surface area contributed by atoms with Crippen LogP contribution in [0.15, 0.2) is 0 Å². The Hall–Kier alpha value is -1.79. The van der Waals surface area contributed by atoms with E-state index < -0.39 is 24.0 Å². The van der Waals surface area contributed by atoms with Crippen LogP contribution in [-0.2, 0) is 14.3 Å². The second-order valence-electron chi connectivity index (χ2n) is 2.46. The number of nitrogens with one attached hydrogen (secondary N) is 2. The first kappa shape index (κ1) is 12.2. The fourth-order valence-electron chi connectivity index (χ4n) is 0.534. The SMILES string of the molecule is COC(=O)CNC(=O)N[C@H](C)C(=O)O. The van der Waals surface area contributed by atoms with Crippen LogP contribution >= 0.6 is 0 Å². The van der Waals surface area contributed by atoms with E-state index in [1.165, 1.54) is 14.0 Å². The van der Waals surface area contributed by atoms with Crippen LogP contribution in [0.25, 0.3) is 0 Å². The molecule has 14 heavy (non-hydrogen) atoms. The van der Waals surface area contributed by atoms with Gasteiger partial charge in [-0.15, -0.1) is 0 Å². The predicted molar refractivity (Wildman–Crippen MR) is 45.6 cm³/mol. The van der Waals surface area contributed by atoms with Crippen LogP contribution in [0.3, 0.4) is 0 Å². The minimum Gasteiger partial charge on any atom is -0.480 e. The van der Waals surface area contributed by atoms with Gasteiger partial charge in [-0.1, -0.05) is 0 Å². The molecule has 0 saturated heterocycles. The molecule has 80 valence electrons. The lowest BCUT2D eigenvalue weighted by Gasteiger charge is -2.09. The first-order valence-electron chi connectivity index (χ1n) is 3.81. The molecule has 7 nitrogen and oxygen atoms in total. The van der Waals surface area contributed by atoms with Gasteiger partial charge in [0, 0.05) is 0 Å². The van der Waals surface area contributed by atoms with E-state index in [1.54, 1.807) is 0 Å². The maximum absolute atomic E-state index is 10.9. The van der Waals surface area contributed by atoms with Crippen molar-refractivity contribution in [2.75, 3.05) is 13.7 Å². The lowest BCUT2D eigenvalue weighted by Crippen LogP contribution is -2.45. The van der Waals surface area contributed by atoms with Crippen molar-refractivity contribution in [2.45, 2.75) is 13.0 Å². The van der Waals surface area contributed by atoms with Crippen molar-refractivity contribution in [1.82, 2.24) is 10.6 Å². The van der Waals surface area contributed by atoms with Crippen LogP contribution in [0.4, 0.5) is 4.79 Å². The quantitative estimate of drug-likeness (QED) is 0.506. The van der Waals surface area contributed by atoms with Gasteiger partial charge in [-0.2, -0.15) is 0 Å². The number of ether oxygens (including phenoxy) is 1. The van der Waals surface area contributed by atoms with Gasteiger partial charge in [-0.25, -0.2) is 4.79 Å². The van der Waals surface area contributed by atoms with Crippen molar-refractivity contribution in [2.24, 2.45) is 0 Å². The highest BCUT2D eigenvalue weighted by Gasteiger charge is 2.13. The third-order valence-corrected chi connectivity index (χ3v) is 1.34. The molecule has 0 spiro atoms. The monoisotopic (exact) mass is 204 g/mol. The van der Waals surface area contributed by atoms with E-state index in [1.807, 2.05) is 0 Å². The van der Waals surface area contributed by atoms with E-state index in [4.69, 9.17) is 5.11 Å². The largest absolute Gasteiger partial charge is 0.480 e. The summed E-state index contributed by atoms with van der Waals surface area (Å²) in [7, 11) is 1.18. The third-order valence-electron chi connectivity index (χ3n) is 1.34. The van der Waals surface area contributed by atoms with Gasteiger partial charge in [-0.3, -0.25) is 9.59 Å². The van der Waals surface area contributed by atoms with Crippen LogP contribution in [0, 0.1) is 0 Å². The summed E-state index contributed by atoms with van der Waals surface area (Å²) in [6.45, 7) is 1.01. The fourth-order valence-corrected chi connectivity index (χ4v) is 0.534. The van der Waals surface area contributed by atoms with E-state index in [0.717, 1.165) is 0 Å². The van der Waals surface area contributed by atoms with Crippen molar-refractivity contribution < 1.29 is 24.2 Å². The van der Waals surface area contributed by atoms with Gasteiger partial charge in [0.1, 0.15) is 12.6 Å². The number of methoxy groups -OCH3 is 1. The highest BCUT2D eigenvalue weighted by atomic mass is 16.5. The number of carboxylic acid groups (broad SMARTS) is 1. The number of carbonyl (C=O) groups is 3. The maximum Gasteiger partial charge on any atom is 0.325 e. The summed E-state index contributed by atoms with van der Waals surface area (Å²) < 4.78 is 4.26. The number of carboxylic acids is 1. The normalized spacial score (nSPS) is 11.3. The summed E-state index contributed by atoms with van der Waals surface area (Å²) in [6, 6.07) is -1.74. The molecule has 0 saturated carbocycles. The smallest absolute Gasteiger partial charge is 0.325 e. The maximum atomic E-state index is 10.9. The Kier molecular flexibility index (Phi) is 5.05. The molecule has 0 heterocycles. The number of hydrogen-bond acceptors (Lipinski definition) is 4. The minimum absolute atomic E-state index is 0.297. The first-order valence-corrected chi connectivity index (χ1v) is 3.81. The Morgan fingerprint density at radius 1 is 1.43 bits per heavy atom. The molecule has 3 N–H and O–H groups in total. The Bertz CT molecular complexity index is 240. The van der Waals surface area contributed by atoms with Crippen LogP contribution in [0.5, 0.6) is 0 Å². The second kappa shape index (κ2) is 5.79. The Labute approximate surface area is 80.4 Å². The molecule has 0 aromatic heterocycles. The molecule has 0 aromatic rings. The van der Waals surface area contributed by atoms with Gasteiger partial charge in [-0.05, 0) is 6.92 Å². The standard InChI is InChI=1S/C7H12N2O5/c1-4(6(11)12)9-7(13)8-3-5(10)14-2/h4H,3H2,1-2H3,(H,11,12)(H2,8,9,13)/t4-/m1/s1. The lowest BCUT2D eigenvalue weighted by atomic mass is 10.3. The lowest BCUT2D eigenvalue weighted by molar-refractivity contribution is -0.139. The number of hydrogen-bond donors (Lipinski definition) is 3. The molecule has 0 aliphatic carbocycles. The summed E-state index contributed by atoms with van der Waals surface area (Å²) in [5.74, 6) is -1.76. The average Bonchev–Trinajstić information content (AvgIpc) is 2.13. The zero-order valence-corrected chi connectivity index (χ0v) is 7.86. The van der Waals surface area contributed by atoms with Crippen molar-refractivity contribution in [3.05, 3.63) is 0 Å². The Morgan fingerprint density at radius 3 is 2.43 bits per heavy atom. The topological polar surface area (TPSA) is 105 Å². The fraction of sp³-hybridized carbons (Fsp3) is 0.571. The molecule has 0 unspecified atom stereocenters. The second-order valence-corrected chi connectivity index (χ2v) is 2.46. The molecule has 0 rings (SSSR count). The Morgan fingerprint density at radius 2 is 2.00 bits per heavy atom. The minimum atomic E-state index is -1.15. The molecule has 0 radical (unpaired) electrons. The predicted octanol–water partition coefficient (Wildman–Crippen LogP) is -1.07. The number of esters is 1. The van der Waals surface area contributed by atoms with E-state index >= 15 is 0 Å². The van der Waals surface area contributed by atoms with E-state index in [2.05, 4.69) is 15.4 Å². The van der Waals surface area contributed by atoms with Crippen molar-refractivity contribution >= 4 is 18.0 Å². The van der Waals surface area contributed by atoms with Gasteiger partial charge >= 0.3 is 18.0 Å². The number of amides is 2. The Balaban J connectivity index is 3.76. The highest BCUT2D eigenvalue weighted by Crippen LogP contribution is 1.80. The van der Waals surface area contributed by atoms with E-state index in [0.29, 0.717) is 0 Å². The molecule has 2 amide bonds. The molecule has 0 aliphatic heterocycles. The van der Waals surface area contributed by atoms with Crippen LogP contribution in [0.2, 0.25) is 0 Å². The van der Waals surface area contributed by atoms with Gasteiger partial charge in [0.05, 0.1) is 7.11 Å². The van der Waals surface area contributed by atoms with Crippen molar-refractivity contribution in [3.8, 4) is 0 Å². The zero-order valence-electron chi connectivity index (χ0n) is 7.86. The summed E-state index contributed by atoms with van der Waals surface area (Å²) in [4.78, 5) is 31.7. The number of urea groups is 1. The first-order chi connectivity index (χ1) is 6.47. The number of aliphatic carboxylic acids is 1. The summed E-state index contributed by atoms with van der Waals surface area (Å²) in [6.07, 6.45) is 0. The van der Waals surface area contributed by atoms with Crippen LogP contribution < -0.4 is 10.6 Å². The van der Waals surface area contributed by atoms with Crippen molar-refractivity contribution in [3.63, 3.8) is 0 Å². The molecule has 0 bridgehead atoms. The molecule has 0 fully saturated rings. The van der Waals surface area contributed by atoms with Crippen LogP contribution in [0.1, 0.15) is 6.92 Å². The van der Waals surface area contributed by atoms with Gasteiger partial charge in [0.2, 0.25) is 0 Å². The summed E-state index contributed by atoms with van der Waals surface area (Å²) in [5, 5.41) is 12.7. The number of carbonyl (C=O) groups excluding carboxylic acids is 2. The van der Waals surface area contributed by atoms with E-state index in [-0.39, 0.29) is 6.54 Å². The molecular formula is C7H12N2O5. The number of rotatable bonds is 4. The van der Waals surface area contributed by atoms with Gasteiger partial charge < -0.3 is 20.5 Å². The van der Waals surface area contributed by atoms with Crippen molar-refractivity contribution in [1.29, 1.82) is 0 Å². The third kappa shape index (κ3) is 4.96. The zero-order chi connectivity index (χ0) is 11.1. The molecule has 0 aromatic carbocycles. The summed E-state index contributed by atoms with van der Waals surface area (Å²) >= 11 is 0. The summed E-state index contributed by atoms with van der Waals surface area (Å²) in [5.41, 5.74) is 0. The van der Waals surface area contributed by atoms with Gasteiger partial charge in [0.15, 0.2) is 0 Å². The molecule has 0 aliphatic rings. The van der Waals surface area contributed by atoms with Gasteiger partial charge in [0.25, 0.3) is 0 Å². The highest BCUT2D eigenvalue weighted by molar-refractivity contribution is 5.84. The van der Waals surface area contributed by atoms with Crippen LogP contribution in [-0.4, -0.2) is 42.8 Å². The molecule has 1 atom stereocenters.